The molecule has 2 unspecified atom stereocenters. The fraction of sp³-hybridized carbons (Fsp3) is 0.478. The van der Waals surface area contributed by atoms with Crippen LogP contribution in [0.5, 0.6) is 11.5 Å². The summed E-state index contributed by atoms with van der Waals surface area (Å²) in [6.45, 7) is 5.86. The highest BCUT2D eigenvalue weighted by Crippen LogP contribution is 2.39. The van der Waals surface area contributed by atoms with Gasteiger partial charge in [0.25, 0.3) is 0 Å². The Morgan fingerprint density at radius 2 is 1.77 bits per heavy atom. The number of benzene rings is 1. The van der Waals surface area contributed by atoms with Gasteiger partial charge >= 0.3 is 0 Å². The fourth-order valence-corrected chi connectivity index (χ4v) is 5.19. The Balaban J connectivity index is 1.76. The van der Waals surface area contributed by atoms with Gasteiger partial charge in [-0.15, -0.1) is 10.2 Å². The first kappa shape index (κ1) is 24.9. The van der Waals surface area contributed by atoms with E-state index in [1.54, 1.807) is 49.0 Å². The lowest BCUT2D eigenvalue weighted by Crippen LogP contribution is -2.31. The van der Waals surface area contributed by atoms with Crippen molar-refractivity contribution in [3.8, 4) is 17.2 Å². The number of rotatable bonds is 9. The van der Waals surface area contributed by atoms with Gasteiger partial charge in [-0.05, 0) is 44.4 Å². The maximum atomic E-state index is 13.5. The molecule has 11 nitrogen and oxygen atoms in total. The van der Waals surface area contributed by atoms with Gasteiger partial charge in [0.05, 0.1) is 19.5 Å². The molecule has 0 amide bonds. The zero-order valence-corrected chi connectivity index (χ0v) is 21.2. The second kappa shape index (κ2) is 10.2. The molecule has 1 fully saturated rings. The molecule has 3 atom stereocenters. The minimum Gasteiger partial charge on any atom is -0.494 e. The van der Waals surface area contributed by atoms with Crippen LogP contribution in [-0.4, -0.2) is 59.2 Å². The van der Waals surface area contributed by atoms with Crippen molar-refractivity contribution in [3.05, 3.63) is 47.8 Å². The van der Waals surface area contributed by atoms with Gasteiger partial charge in [0.15, 0.2) is 5.82 Å². The molecule has 4 rings (SSSR count). The minimum absolute atomic E-state index is 0.0159. The van der Waals surface area contributed by atoms with Crippen molar-refractivity contribution in [2.75, 3.05) is 25.5 Å². The summed E-state index contributed by atoms with van der Waals surface area (Å²) in [6, 6.07) is 5.30. The molecule has 1 saturated heterocycles. The minimum atomic E-state index is -3.93. The van der Waals surface area contributed by atoms with E-state index >= 15 is 0 Å². The number of nitrogens with zero attached hydrogens (tertiary/aromatic N) is 5. The first-order valence-corrected chi connectivity index (χ1v) is 12.9. The Kier molecular flexibility index (Phi) is 7.22. The lowest BCUT2D eigenvalue weighted by molar-refractivity contribution is 0.103. The average molecular weight is 503 g/mol. The summed E-state index contributed by atoms with van der Waals surface area (Å²) >= 11 is 0. The first-order valence-electron chi connectivity index (χ1n) is 11.3. The molecular formula is C23H30N6O5S. The van der Waals surface area contributed by atoms with Crippen LogP contribution in [0.1, 0.15) is 55.9 Å². The van der Waals surface area contributed by atoms with Crippen molar-refractivity contribution in [1.29, 1.82) is 0 Å². The quantitative estimate of drug-likeness (QED) is 0.469. The molecule has 2 aromatic heterocycles. The van der Waals surface area contributed by atoms with E-state index in [4.69, 9.17) is 14.2 Å². The van der Waals surface area contributed by atoms with Gasteiger partial charge in [0.1, 0.15) is 29.1 Å². The summed E-state index contributed by atoms with van der Waals surface area (Å²) in [4.78, 5) is 8.60. The Morgan fingerprint density at radius 1 is 1.11 bits per heavy atom. The summed E-state index contributed by atoms with van der Waals surface area (Å²) < 4.78 is 48.2. The highest BCUT2D eigenvalue weighted by molar-refractivity contribution is 7.93. The molecule has 3 aromatic rings. The van der Waals surface area contributed by atoms with Crippen LogP contribution in [0.3, 0.4) is 0 Å². The largest absolute Gasteiger partial charge is 0.494 e. The molecule has 0 aliphatic carbocycles. The second-order valence-corrected chi connectivity index (χ2v) is 10.5. The van der Waals surface area contributed by atoms with E-state index in [-0.39, 0.29) is 12.1 Å². The number of aromatic nitrogens is 5. The molecular weight excluding hydrogens is 472 g/mol. The number of anilines is 1. The summed E-state index contributed by atoms with van der Waals surface area (Å²) in [5.74, 6) is 1.40. The van der Waals surface area contributed by atoms with Gasteiger partial charge in [-0.3, -0.25) is 9.29 Å². The first-order chi connectivity index (χ1) is 16.8. The zero-order chi connectivity index (χ0) is 25.2. The van der Waals surface area contributed by atoms with Crippen LogP contribution in [0.4, 0.5) is 5.95 Å². The lowest BCUT2D eigenvalue weighted by Gasteiger charge is -2.22. The summed E-state index contributed by atoms with van der Waals surface area (Å²) in [5.41, 5.74) is 1.38. The van der Waals surface area contributed by atoms with Crippen LogP contribution in [0.15, 0.2) is 30.6 Å². The number of nitrogens with one attached hydrogen (secondary N) is 1. The molecule has 12 heteroatoms. The van der Waals surface area contributed by atoms with E-state index in [2.05, 4.69) is 24.9 Å². The van der Waals surface area contributed by atoms with Crippen molar-refractivity contribution in [2.45, 2.75) is 50.9 Å². The Morgan fingerprint density at radius 3 is 2.34 bits per heavy atom. The van der Waals surface area contributed by atoms with Crippen molar-refractivity contribution in [1.82, 2.24) is 24.7 Å². The summed E-state index contributed by atoms with van der Waals surface area (Å²) in [7, 11) is -0.864. The van der Waals surface area contributed by atoms with Gasteiger partial charge in [0.2, 0.25) is 16.0 Å². The smallest absolute Gasteiger partial charge is 0.243 e. The van der Waals surface area contributed by atoms with Crippen LogP contribution in [0.2, 0.25) is 0 Å². The predicted octanol–water partition coefficient (Wildman–Crippen LogP) is 3.17. The molecule has 1 aliphatic heterocycles. The fourth-order valence-electron chi connectivity index (χ4n) is 3.96. The van der Waals surface area contributed by atoms with Gasteiger partial charge in [-0.25, -0.2) is 18.4 Å². The van der Waals surface area contributed by atoms with Crippen LogP contribution in [-0.2, 0) is 14.8 Å². The second-order valence-electron chi connectivity index (χ2n) is 8.49. The van der Waals surface area contributed by atoms with Crippen LogP contribution in [0, 0.1) is 6.92 Å². The summed E-state index contributed by atoms with van der Waals surface area (Å²) in [5, 5.41) is 7.65. The predicted molar refractivity (Wildman–Crippen MR) is 130 cm³/mol. The van der Waals surface area contributed by atoms with E-state index in [1.807, 2.05) is 6.92 Å². The van der Waals surface area contributed by atoms with Crippen molar-refractivity contribution >= 4 is 16.0 Å². The van der Waals surface area contributed by atoms with E-state index in [1.165, 1.54) is 14.2 Å². The third kappa shape index (κ3) is 4.94. The number of aryl methyl sites for hydroxylation is 1. The van der Waals surface area contributed by atoms with Gasteiger partial charge in [-0.1, -0.05) is 13.0 Å². The molecule has 1 aromatic carbocycles. The molecule has 3 heterocycles. The highest BCUT2D eigenvalue weighted by atomic mass is 32.2. The van der Waals surface area contributed by atoms with E-state index in [0.717, 1.165) is 18.4 Å². The number of hydrogen-bond acceptors (Lipinski definition) is 9. The van der Waals surface area contributed by atoms with Crippen LogP contribution in [0.25, 0.3) is 5.69 Å². The third-order valence-corrected chi connectivity index (χ3v) is 8.02. The number of sulfonamides is 1. The van der Waals surface area contributed by atoms with Crippen molar-refractivity contribution in [2.24, 2.45) is 0 Å². The summed E-state index contributed by atoms with van der Waals surface area (Å²) in [6.07, 6.45) is 4.61. The molecule has 0 bridgehead atoms. The van der Waals surface area contributed by atoms with Gasteiger partial charge in [0, 0.05) is 24.9 Å². The van der Waals surface area contributed by atoms with E-state index in [0.29, 0.717) is 35.4 Å². The molecule has 0 spiro atoms. The van der Waals surface area contributed by atoms with Crippen LogP contribution < -0.4 is 14.2 Å². The number of ether oxygens (including phenoxy) is 3. The molecule has 188 valence electrons. The SMILES string of the molecule is COc1cccc(OC)c1-n1c(NS(=O)(=O)C(C)C(C)c2ncc(C)cn2)nnc1[C@@H]1CCCO1. The molecule has 1 N–H and O–H groups in total. The zero-order valence-electron chi connectivity index (χ0n) is 20.4. The maximum absolute atomic E-state index is 13.5. The van der Waals surface area contributed by atoms with E-state index < -0.39 is 21.2 Å². The van der Waals surface area contributed by atoms with Crippen molar-refractivity contribution < 1.29 is 22.6 Å². The third-order valence-electron chi connectivity index (χ3n) is 6.17. The maximum Gasteiger partial charge on any atom is 0.243 e. The number of hydrogen-bond donors (Lipinski definition) is 1. The standard InChI is InChI=1S/C23H30N6O5S/c1-14-12-24-21(25-13-14)15(2)16(3)35(30,31)28-23-27-26-22(19-10-7-11-34-19)29(23)20-17(32-4)8-6-9-18(20)33-5/h6,8-9,12-13,15-16,19H,7,10-11H2,1-5H3,(H,27,28)/t15?,16?,19-/m0/s1. The number of methoxy groups -OCH3 is 2. The monoisotopic (exact) mass is 502 g/mol. The van der Waals surface area contributed by atoms with E-state index in [9.17, 15) is 8.42 Å². The lowest BCUT2D eigenvalue weighted by atomic mass is 10.1. The molecule has 0 radical (unpaired) electrons. The molecule has 35 heavy (non-hydrogen) atoms. The molecule has 1 aliphatic rings. The highest BCUT2D eigenvalue weighted by Gasteiger charge is 2.34. The topological polar surface area (TPSA) is 130 Å². The normalized spacial score (nSPS) is 17.7. The van der Waals surface area contributed by atoms with Crippen molar-refractivity contribution in [3.63, 3.8) is 0 Å². The average Bonchev–Trinajstić information content (AvgIpc) is 3.52. The number of para-hydroxylation sites is 1. The Hall–Kier alpha value is -3.25. The van der Waals surface area contributed by atoms with Crippen LogP contribution >= 0.6 is 0 Å². The van der Waals surface area contributed by atoms with Gasteiger partial charge < -0.3 is 14.2 Å². The molecule has 0 saturated carbocycles. The van der Waals surface area contributed by atoms with Gasteiger partial charge in [-0.2, -0.15) is 0 Å². The Labute approximate surface area is 204 Å². The Bertz CT molecular complexity index is 1250.